The summed E-state index contributed by atoms with van der Waals surface area (Å²) in [6.45, 7) is 9.58. The van der Waals surface area contributed by atoms with Crippen molar-refractivity contribution < 1.29 is 4.74 Å². The van der Waals surface area contributed by atoms with Gasteiger partial charge < -0.3 is 10.1 Å². The number of hydrogen-bond donors (Lipinski definition) is 1. The molecule has 1 unspecified atom stereocenters. The number of rotatable bonds is 5. The summed E-state index contributed by atoms with van der Waals surface area (Å²) >= 11 is 0. The fourth-order valence-corrected chi connectivity index (χ4v) is 2.50. The molecule has 0 radical (unpaired) electrons. The van der Waals surface area contributed by atoms with Crippen LogP contribution in [0.25, 0.3) is 0 Å². The molecule has 1 atom stereocenters. The Hall–Kier alpha value is -1.80. The largest absolute Gasteiger partial charge is 0.497 e. The van der Waals surface area contributed by atoms with Crippen LogP contribution in [0.3, 0.4) is 0 Å². The molecule has 0 amide bonds. The lowest BCUT2D eigenvalue weighted by Crippen LogP contribution is -2.18. The van der Waals surface area contributed by atoms with Crippen molar-refractivity contribution in [1.29, 1.82) is 0 Å². The first kappa shape index (κ1) is 15.6. The van der Waals surface area contributed by atoms with E-state index in [1.807, 2.05) is 12.1 Å². The van der Waals surface area contributed by atoms with Gasteiger partial charge in [-0.1, -0.05) is 24.3 Å². The first-order valence-electron chi connectivity index (χ1n) is 7.45. The first-order valence-corrected chi connectivity index (χ1v) is 7.45. The van der Waals surface area contributed by atoms with Gasteiger partial charge in [0.1, 0.15) is 5.75 Å². The normalized spacial score (nSPS) is 12.2. The van der Waals surface area contributed by atoms with Gasteiger partial charge in [0.15, 0.2) is 0 Å². The van der Waals surface area contributed by atoms with Crippen molar-refractivity contribution in [1.82, 2.24) is 5.32 Å². The van der Waals surface area contributed by atoms with Gasteiger partial charge in [0, 0.05) is 12.6 Å². The summed E-state index contributed by atoms with van der Waals surface area (Å²) in [4.78, 5) is 0. The molecule has 0 saturated heterocycles. The second-order valence-corrected chi connectivity index (χ2v) is 5.74. The smallest absolute Gasteiger partial charge is 0.119 e. The summed E-state index contributed by atoms with van der Waals surface area (Å²) in [5.41, 5.74) is 6.68. The summed E-state index contributed by atoms with van der Waals surface area (Å²) < 4.78 is 5.29. The molecule has 2 nitrogen and oxygen atoms in total. The van der Waals surface area contributed by atoms with Gasteiger partial charge in [-0.2, -0.15) is 0 Å². The first-order chi connectivity index (χ1) is 10.0. The van der Waals surface area contributed by atoms with Crippen LogP contribution < -0.4 is 10.1 Å². The second-order valence-electron chi connectivity index (χ2n) is 5.74. The molecular weight excluding hydrogens is 258 g/mol. The van der Waals surface area contributed by atoms with Gasteiger partial charge in [-0.15, -0.1) is 0 Å². The predicted octanol–water partition coefficient (Wildman–Crippen LogP) is 4.47. The van der Waals surface area contributed by atoms with E-state index in [2.05, 4.69) is 57.3 Å². The fraction of sp³-hybridized carbons (Fsp3) is 0.368. The number of methoxy groups -OCH3 is 1. The molecule has 0 heterocycles. The molecule has 1 N–H and O–H groups in total. The maximum absolute atomic E-state index is 5.29. The molecule has 0 aliphatic heterocycles. The molecule has 0 aliphatic carbocycles. The minimum Gasteiger partial charge on any atom is -0.497 e. The second kappa shape index (κ2) is 6.77. The molecule has 2 aromatic rings. The van der Waals surface area contributed by atoms with Crippen LogP contribution in [-0.2, 0) is 6.54 Å². The van der Waals surface area contributed by atoms with Crippen LogP contribution in [0.5, 0.6) is 5.75 Å². The molecule has 2 heteroatoms. The standard InChI is InChI=1S/C19H25NO/c1-13-9-15(3)18(10-14(13)2)12-20-16(4)17-7-6-8-19(11-17)21-5/h6-11,16,20H,12H2,1-5H3. The third-order valence-corrected chi connectivity index (χ3v) is 4.14. The Morgan fingerprint density at radius 1 is 1.00 bits per heavy atom. The molecular formula is C19H25NO. The number of nitrogens with one attached hydrogen (secondary N) is 1. The number of hydrogen-bond acceptors (Lipinski definition) is 2. The average Bonchev–Trinajstić information content (AvgIpc) is 2.49. The van der Waals surface area contributed by atoms with E-state index >= 15 is 0 Å². The number of benzene rings is 2. The van der Waals surface area contributed by atoms with E-state index in [0.717, 1.165) is 12.3 Å². The van der Waals surface area contributed by atoms with Crippen molar-refractivity contribution >= 4 is 0 Å². The monoisotopic (exact) mass is 283 g/mol. The fourth-order valence-electron chi connectivity index (χ4n) is 2.50. The average molecular weight is 283 g/mol. The van der Waals surface area contributed by atoms with Crippen LogP contribution in [0.1, 0.15) is 40.8 Å². The van der Waals surface area contributed by atoms with Gasteiger partial charge in [-0.3, -0.25) is 0 Å². The molecule has 0 bridgehead atoms. The number of aryl methyl sites for hydroxylation is 3. The van der Waals surface area contributed by atoms with E-state index in [1.165, 1.54) is 27.8 Å². The Balaban J connectivity index is 2.07. The summed E-state index contributed by atoms with van der Waals surface area (Å²) in [6, 6.07) is 13.1. The highest BCUT2D eigenvalue weighted by Crippen LogP contribution is 2.20. The van der Waals surface area contributed by atoms with E-state index in [1.54, 1.807) is 7.11 Å². The van der Waals surface area contributed by atoms with Crippen LogP contribution in [0, 0.1) is 20.8 Å². The topological polar surface area (TPSA) is 21.3 Å². The zero-order valence-electron chi connectivity index (χ0n) is 13.7. The van der Waals surface area contributed by atoms with E-state index in [0.29, 0.717) is 6.04 Å². The minimum atomic E-state index is 0.293. The maximum atomic E-state index is 5.29. The lowest BCUT2D eigenvalue weighted by atomic mass is 10.0. The van der Waals surface area contributed by atoms with Crippen LogP contribution in [-0.4, -0.2) is 7.11 Å². The van der Waals surface area contributed by atoms with E-state index in [-0.39, 0.29) is 0 Å². The molecule has 0 fully saturated rings. The Morgan fingerprint density at radius 3 is 2.43 bits per heavy atom. The Bertz CT molecular complexity index is 619. The van der Waals surface area contributed by atoms with Gasteiger partial charge in [0.2, 0.25) is 0 Å². The molecule has 0 spiro atoms. The molecule has 0 saturated carbocycles. The minimum absolute atomic E-state index is 0.293. The van der Waals surface area contributed by atoms with Crippen molar-refractivity contribution in [3.05, 3.63) is 64.2 Å². The maximum Gasteiger partial charge on any atom is 0.119 e. The Morgan fingerprint density at radius 2 is 1.71 bits per heavy atom. The van der Waals surface area contributed by atoms with Crippen molar-refractivity contribution in [3.8, 4) is 5.75 Å². The Kier molecular flexibility index (Phi) is 5.03. The Labute approximate surface area is 128 Å². The molecule has 2 aromatic carbocycles. The van der Waals surface area contributed by atoms with Gasteiger partial charge in [-0.05, 0) is 67.6 Å². The highest BCUT2D eigenvalue weighted by Gasteiger charge is 2.08. The van der Waals surface area contributed by atoms with E-state index in [9.17, 15) is 0 Å². The predicted molar refractivity (Wildman–Crippen MR) is 88.9 cm³/mol. The molecule has 0 aromatic heterocycles. The third-order valence-electron chi connectivity index (χ3n) is 4.14. The van der Waals surface area contributed by atoms with E-state index < -0.39 is 0 Å². The van der Waals surface area contributed by atoms with Crippen LogP contribution in [0.2, 0.25) is 0 Å². The summed E-state index contributed by atoms with van der Waals surface area (Å²) in [6.07, 6.45) is 0. The summed E-state index contributed by atoms with van der Waals surface area (Å²) in [5.74, 6) is 0.906. The highest BCUT2D eigenvalue weighted by molar-refractivity contribution is 5.36. The third kappa shape index (κ3) is 3.85. The highest BCUT2D eigenvalue weighted by atomic mass is 16.5. The lowest BCUT2D eigenvalue weighted by Gasteiger charge is -2.17. The molecule has 0 aliphatic rings. The van der Waals surface area contributed by atoms with E-state index in [4.69, 9.17) is 4.74 Å². The van der Waals surface area contributed by atoms with Crippen LogP contribution >= 0.6 is 0 Å². The zero-order valence-corrected chi connectivity index (χ0v) is 13.7. The van der Waals surface area contributed by atoms with Crippen molar-refractivity contribution in [2.45, 2.75) is 40.3 Å². The van der Waals surface area contributed by atoms with Gasteiger partial charge in [-0.25, -0.2) is 0 Å². The SMILES string of the molecule is COc1cccc(C(C)NCc2cc(C)c(C)cc2C)c1. The quantitative estimate of drug-likeness (QED) is 0.874. The molecule has 2 rings (SSSR count). The number of ether oxygens (including phenoxy) is 1. The van der Waals surface area contributed by atoms with Crippen LogP contribution in [0.15, 0.2) is 36.4 Å². The van der Waals surface area contributed by atoms with Crippen molar-refractivity contribution in [2.24, 2.45) is 0 Å². The molecule has 112 valence electrons. The van der Waals surface area contributed by atoms with Gasteiger partial charge in [0.25, 0.3) is 0 Å². The molecule has 21 heavy (non-hydrogen) atoms. The summed E-state index contributed by atoms with van der Waals surface area (Å²) in [5, 5.41) is 3.60. The lowest BCUT2D eigenvalue weighted by molar-refractivity contribution is 0.413. The van der Waals surface area contributed by atoms with Gasteiger partial charge in [0.05, 0.1) is 7.11 Å². The van der Waals surface area contributed by atoms with Crippen molar-refractivity contribution in [3.63, 3.8) is 0 Å². The van der Waals surface area contributed by atoms with Crippen LogP contribution in [0.4, 0.5) is 0 Å². The van der Waals surface area contributed by atoms with Crippen molar-refractivity contribution in [2.75, 3.05) is 7.11 Å². The van der Waals surface area contributed by atoms with Gasteiger partial charge >= 0.3 is 0 Å². The zero-order chi connectivity index (χ0) is 15.4. The summed E-state index contributed by atoms with van der Waals surface area (Å²) in [7, 11) is 1.70.